The van der Waals surface area contributed by atoms with E-state index in [1.807, 2.05) is 12.1 Å². The minimum absolute atomic E-state index is 0.256. The van der Waals surface area contributed by atoms with E-state index in [0.717, 1.165) is 30.6 Å². The highest BCUT2D eigenvalue weighted by molar-refractivity contribution is 5.38. The van der Waals surface area contributed by atoms with Gasteiger partial charge in [0.1, 0.15) is 5.75 Å². The molecule has 18 heavy (non-hydrogen) atoms. The average molecular weight is 248 g/mol. The number of aliphatic hydroxyl groups is 1. The summed E-state index contributed by atoms with van der Waals surface area (Å²) in [6.07, 6.45) is 3.55. The zero-order valence-electron chi connectivity index (χ0n) is 11.9. The Morgan fingerprint density at radius 1 is 1.28 bits per heavy atom. The lowest BCUT2D eigenvalue weighted by Crippen LogP contribution is -2.29. The van der Waals surface area contributed by atoms with Gasteiger partial charge in [0.15, 0.2) is 0 Å². The van der Waals surface area contributed by atoms with Gasteiger partial charge in [-0.15, -0.1) is 0 Å². The number of hydrogen-bond donors (Lipinski definition) is 1. The summed E-state index contributed by atoms with van der Waals surface area (Å²) < 4.78 is 5.40. The van der Waals surface area contributed by atoms with Crippen molar-refractivity contribution in [3.63, 3.8) is 0 Å². The van der Waals surface area contributed by atoms with Gasteiger partial charge in [0.25, 0.3) is 0 Å². The van der Waals surface area contributed by atoms with Crippen LogP contribution in [-0.2, 0) is 6.42 Å². The number of aryl methyl sites for hydroxylation is 1. The summed E-state index contributed by atoms with van der Waals surface area (Å²) in [5.41, 5.74) is 2.03. The summed E-state index contributed by atoms with van der Waals surface area (Å²) in [5.74, 6) is 0.888. The van der Waals surface area contributed by atoms with Crippen LogP contribution in [-0.4, -0.2) is 17.8 Å². The lowest BCUT2D eigenvalue weighted by molar-refractivity contribution is 0.0373. The van der Waals surface area contributed by atoms with Crippen LogP contribution in [0.5, 0.6) is 5.75 Å². The van der Waals surface area contributed by atoms with Crippen LogP contribution in [0.3, 0.4) is 0 Å². The SMILES string of the molecule is COc1ccc(C)cc1CC1(O)CCC(C)(C)C1. The van der Waals surface area contributed by atoms with E-state index in [-0.39, 0.29) is 5.41 Å². The second-order valence-corrected chi connectivity index (χ2v) is 6.56. The Hall–Kier alpha value is -1.02. The predicted octanol–water partition coefficient (Wildman–Crippen LogP) is 3.49. The van der Waals surface area contributed by atoms with E-state index in [9.17, 15) is 5.11 Å². The van der Waals surface area contributed by atoms with Crippen molar-refractivity contribution in [3.05, 3.63) is 29.3 Å². The van der Waals surface area contributed by atoms with E-state index < -0.39 is 5.60 Å². The van der Waals surface area contributed by atoms with Gasteiger partial charge in [0, 0.05) is 6.42 Å². The molecule has 1 N–H and O–H groups in total. The van der Waals surface area contributed by atoms with E-state index >= 15 is 0 Å². The molecule has 1 saturated carbocycles. The maximum Gasteiger partial charge on any atom is 0.122 e. The summed E-state index contributed by atoms with van der Waals surface area (Å²) in [4.78, 5) is 0. The van der Waals surface area contributed by atoms with Gasteiger partial charge >= 0.3 is 0 Å². The lowest BCUT2D eigenvalue weighted by atomic mass is 9.86. The molecular formula is C16H24O2. The first-order valence-corrected chi connectivity index (χ1v) is 6.70. The molecule has 1 aliphatic rings. The molecule has 1 atom stereocenters. The van der Waals surface area contributed by atoms with Gasteiger partial charge in [-0.05, 0) is 43.2 Å². The van der Waals surface area contributed by atoms with Gasteiger partial charge < -0.3 is 9.84 Å². The van der Waals surface area contributed by atoms with Gasteiger partial charge in [0.05, 0.1) is 12.7 Å². The second-order valence-electron chi connectivity index (χ2n) is 6.56. The van der Waals surface area contributed by atoms with Crippen molar-refractivity contribution in [2.24, 2.45) is 5.41 Å². The smallest absolute Gasteiger partial charge is 0.122 e. The molecule has 1 unspecified atom stereocenters. The van der Waals surface area contributed by atoms with Crippen LogP contribution >= 0.6 is 0 Å². The van der Waals surface area contributed by atoms with Crippen LogP contribution < -0.4 is 4.74 Å². The fourth-order valence-electron chi connectivity index (χ4n) is 3.19. The third kappa shape index (κ3) is 2.86. The molecule has 2 heteroatoms. The molecule has 2 rings (SSSR count). The third-order valence-corrected chi connectivity index (χ3v) is 4.03. The van der Waals surface area contributed by atoms with Crippen molar-refractivity contribution >= 4 is 0 Å². The fraction of sp³-hybridized carbons (Fsp3) is 0.625. The van der Waals surface area contributed by atoms with Crippen molar-refractivity contribution in [2.45, 2.75) is 52.1 Å². The first-order valence-electron chi connectivity index (χ1n) is 6.70. The van der Waals surface area contributed by atoms with E-state index in [1.54, 1.807) is 7.11 Å². The summed E-state index contributed by atoms with van der Waals surface area (Å²) in [6, 6.07) is 6.17. The maximum absolute atomic E-state index is 10.7. The van der Waals surface area contributed by atoms with Crippen LogP contribution in [0.1, 0.15) is 44.2 Å². The van der Waals surface area contributed by atoms with Crippen LogP contribution in [0.15, 0.2) is 18.2 Å². The van der Waals surface area contributed by atoms with Crippen molar-refractivity contribution < 1.29 is 9.84 Å². The first kappa shape index (κ1) is 13.4. The largest absolute Gasteiger partial charge is 0.496 e. The minimum atomic E-state index is -0.565. The van der Waals surface area contributed by atoms with E-state index in [1.165, 1.54) is 5.56 Å². The molecule has 0 heterocycles. The van der Waals surface area contributed by atoms with Crippen molar-refractivity contribution in [1.29, 1.82) is 0 Å². The molecule has 0 radical (unpaired) electrons. The highest BCUT2D eigenvalue weighted by atomic mass is 16.5. The number of hydrogen-bond acceptors (Lipinski definition) is 2. The zero-order valence-corrected chi connectivity index (χ0v) is 11.9. The molecule has 0 amide bonds. The van der Waals surface area contributed by atoms with E-state index in [0.29, 0.717) is 6.42 Å². The molecule has 0 aliphatic heterocycles. The number of rotatable bonds is 3. The Kier molecular flexibility index (Phi) is 3.41. The van der Waals surface area contributed by atoms with Gasteiger partial charge in [-0.25, -0.2) is 0 Å². The molecule has 0 bridgehead atoms. The molecule has 0 spiro atoms. The van der Waals surface area contributed by atoms with Gasteiger partial charge in [0.2, 0.25) is 0 Å². The predicted molar refractivity (Wildman–Crippen MR) is 74.0 cm³/mol. The monoisotopic (exact) mass is 248 g/mol. The lowest BCUT2D eigenvalue weighted by Gasteiger charge is -2.26. The Bertz CT molecular complexity index is 437. The van der Waals surface area contributed by atoms with Crippen molar-refractivity contribution in [3.8, 4) is 5.75 Å². The molecule has 1 fully saturated rings. The summed E-state index contributed by atoms with van der Waals surface area (Å²) in [5, 5.41) is 10.7. The number of methoxy groups -OCH3 is 1. The van der Waals surface area contributed by atoms with Gasteiger partial charge in [-0.1, -0.05) is 31.5 Å². The molecule has 0 saturated heterocycles. The number of ether oxygens (including phenoxy) is 1. The van der Waals surface area contributed by atoms with Gasteiger partial charge in [-0.2, -0.15) is 0 Å². The average Bonchev–Trinajstić information content (AvgIpc) is 2.53. The molecule has 1 aromatic carbocycles. The topological polar surface area (TPSA) is 29.5 Å². The molecule has 1 aliphatic carbocycles. The first-order chi connectivity index (χ1) is 8.34. The van der Waals surface area contributed by atoms with E-state index in [4.69, 9.17) is 4.74 Å². The Morgan fingerprint density at radius 3 is 2.56 bits per heavy atom. The quantitative estimate of drug-likeness (QED) is 0.887. The minimum Gasteiger partial charge on any atom is -0.496 e. The maximum atomic E-state index is 10.7. The summed E-state index contributed by atoms with van der Waals surface area (Å²) in [6.45, 7) is 6.54. The Morgan fingerprint density at radius 2 is 2.00 bits per heavy atom. The van der Waals surface area contributed by atoms with Crippen LogP contribution in [0.2, 0.25) is 0 Å². The molecule has 1 aromatic rings. The summed E-state index contributed by atoms with van der Waals surface area (Å²) >= 11 is 0. The molecule has 100 valence electrons. The summed E-state index contributed by atoms with van der Waals surface area (Å²) in [7, 11) is 1.69. The van der Waals surface area contributed by atoms with Crippen LogP contribution in [0, 0.1) is 12.3 Å². The highest BCUT2D eigenvalue weighted by Gasteiger charge is 2.42. The molecular weight excluding hydrogens is 224 g/mol. The van der Waals surface area contributed by atoms with E-state index in [2.05, 4.69) is 26.8 Å². The third-order valence-electron chi connectivity index (χ3n) is 4.03. The van der Waals surface area contributed by atoms with Crippen molar-refractivity contribution in [2.75, 3.05) is 7.11 Å². The standard InChI is InChI=1S/C16H24O2/c1-12-5-6-14(18-4)13(9-12)10-16(17)8-7-15(2,3)11-16/h5-6,9,17H,7-8,10-11H2,1-4H3. The van der Waals surface area contributed by atoms with Crippen molar-refractivity contribution in [1.82, 2.24) is 0 Å². The molecule has 2 nitrogen and oxygen atoms in total. The van der Waals surface area contributed by atoms with Crippen LogP contribution in [0.4, 0.5) is 0 Å². The molecule has 0 aromatic heterocycles. The second kappa shape index (κ2) is 4.58. The normalized spacial score (nSPS) is 26.3. The Balaban J connectivity index is 2.21. The van der Waals surface area contributed by atoms with Crippen LogP contribution in [0.25, 0.3) is 0 Å². The fourth-order valence-corrected chi connectivity index (χ4v) is 3.19. The zero-order chi connectivity index (χ0) is 13.4. The number of benzene rings is 1. The Labute approximate surface area is 110 Å². The highest BCUT2D eigenvalue weighted by Crippen LogP contribution is 2.45. The van der Waals surface area contributed by atoms with Gasteiger partial charge in [-0.3, -0.25) is 0 Å².